The average molecular weight is 375 g/mol. The van der Waals surface area contributed by atoms with E-state index < -0.39 is 10.0 Å². The summed E-state index contributed by atoms with van der Waals surface area (Å²) in [5.74, 6) is 0. The molecule has 0 atom stereocenters. The number of sulfonamides is 1. The third-order valence-corrected chi connectivity index (χ3v) is 5.90. The summed E-state index contributed by atoms with van der Waals surface area (Å²) >= 11 is 4.58. The predicted octanol–water partition coefficient (Wildman–Crippen LogP) is 3.34. The Kier molecular flexibility index (Phi) is 4.85. The SMILES string of the molecule is CNCc1csc(S(=O)(=O)Nc2cc(C)cc(Br)c2)c1. The first kappa shape index (κ1) is 15.5. The van der Waals surface area contributed by atoms with E-state index in [0.717, 1.165) is 15.6 Å². The van der Waals surface area contributed by atoms with E-state index in [2.05, 4.69) is 26.0 Å². The highest BCUT2D eigenvalue weighted by molar-refractivity contribution is 9.10. The minimum atomic E-state index is -3.52. The summed E-state index contributed by atoms with van der Waals surface area (Å²) in [6, 6.07) is 7.15. The Morgan fingerprint density at radius 1 is 1.25 bits per heavy atom. The van der Waals surface area contributed by atoms with Crippen LogP contribution in [0.25, 0.3) is 0 Å². The van der Waals surface area contributed by atoms with Gasteiger partial charge in [0.25, 0.3) is 10.0 Å². The lowest BCUT2D eigenvalue weighted by Gasteiger charge is -2.07. The molecule has 0 bridgehead atoms. The second kappa shape index (κ2) is 6.26. The summed E-state index contributed by atoms with van der Waals surface area (Å²) in [4.78, 5) is 0. The van der Waals surface area contributed by atoms with Crippen LogP contribution in [0.4, 0.5) is 5.69 Å². The second-order valence-electron chi connectivity index (χ2n) is 4.43. The standard InChI is InChI=1S/C13H15BrN2O2S2/c1-9-3-11(14)6-12(4-9)16-20(17,18)13-5-10(7-15-2)8-19-13/h3-6,8,15-16H,7H2,1-2H3. The molecular formula is C13H15BrN2O2S2. The molecule has 20 heavy (non-hydrogen) atoms. The zero-order valence-electron chi connectivity index (χ0n) is 11.1. The molecule has 0 amide bonds. The molecule has 0 spiro atoms. The Balaban J connectivity index is 2.25. The van der Waals surface area contributed by atoms with Gasteiger partial charge in [0.1, 0.15) is 4.21 Å². The van der Waals surface area contributed by atoms with Crippen LogP contribution < -0.4 is 10.0 Å². The van der Waals surface area contributed by atoms with Crippen molar-refractivity contribution in [1.82, 2.24) is 5.32 Å². The van der Waals surface area contributed by atoms with Gasteiger partial charge in [-0.05, 0) is 54.7 Å². The third kappa shape index (κ3) is 3.82. The van der Waals surface area contributed by atoms with Crippen molar-refractivity contribution < 1.29 is 8.42 Å². The van der Waals surface area contributed by atoms with Crippen molar-refractivity contribution in [3.8, 4) is 0 Å². The zero-order valence-corrected chi connectivity index (χ0v) is 14.3. The van der Waals surface area contributed by atoms with Gasteiger partial charge in [-0.3, -0.25) is 4.72 Å². The molecule has 108 valence electrons. The minimum Gasteiger partial charge on any atom is -0.316 e. The average Bonchev–Trinajstić information content (AvgIpc) is 2.76. The van der Waals surface area contributed by atoms with E-state index in [9.17, 15) is 8.42 Å². The van der Waals surface area contributed by atoms with Crippen LogP contribution in [0.15, 0.2) is 38.3 Å². The van der Waals surface area contributed by atoms with E-state index in [-0.39, 0.29) is 0 Å². The molecule has 0 saturated heterocycles. The molecule has 2 aromatic rings. The van der Waals surface area contributed by atoms with Gasteiger partial charge < -0.3 is 5.32 Å². The van der Waals surface area contributed by atoms with Crippen LogP contribution in [0.5, 0.6) is 0 Å². The van der Waals surface area contributed by atoms with E-state index in [1.807, 2.05) is 25.4 Å². The molecule has 1 aromatic heterocycles. The fraction of sp³-hybridized carbons (Fsp3) is 0.231. The van der Waals surface area contributed by atoms with Gasteiger partial charge >= 0.3 is 0 Å². The highest BCUT2D eigenvalue weighted by Crippen LogP contribution is 2.25. The molecule has 0 aliphatic rings. The fourth-order valence-corrected chi connectivity index (χ4v) is 4.65. The van der Waals surface area contributed by atoms with E-state index in [4.69, 9.17) is 0 Å². The van der Waals surface area contributed by atoms with Gasteiger partial charge in [-0.1, -0.05) is 15.9 Å². The topological polar surface area (TPSA) is 58.2 Å². The van der Waals surface area contributed by atoms with Crippen LogP contribution >= 0.6 is 27.3 Å². The summed E-state index contributed by atoms with van der Waals surface area (Å²) in [7, 11) is -1.70. The first-order valence-electron chi connectivity index (χ1n) is 5.93. The summed E-state index contributed by atoms with van der Waals surface area (Å²) < 4.78 is 28.4. The van der Waals surface area contributed by atoms with Crippen LogP contribution in [0.1, 0.15) is 11.1 Å². The fourth-order valence-electron chi connectivity index (χ4n) is 1.79. The van der Waals surface area contributed by atoms with Crippen molar-refractivity contribution in [3.63, 3.8) is 0 Å². The number of nitrogens with one attached hydrogen (secondary N) is 2. The molecule has 0 aliphatic carbocycles. The lowest BCUT2D eigenvalue weighted by atomic mass is 10.2. The molecule has 1 heterocycles. The van der Waals surface area contributed by atoms with Gasteiger partial charge in [0.05, 0.1) is 5.69 Å². The van der Waals surface area contributed by atoms with Gasteiger partial charge in [-0.15, -0.1) is 11.3 Å². The van der Waals surface area contributed by atoms with Crippen molar-refractivity contribution in [2.45, 2.75) is 17.7 Å². The smallest absolute Gasteiger partial charge is 0.271 e. The molecule has 7 heteroatoms. The molecule has 0 unspecified atom stereocenters. The maximum Gasteiger partial charge on any atom is 0.271 e. The Bertz CT molecular complexity index is 691. The van der Waals surface area contributed by atoms with Gasteiger partial charge in [-0.2, -0.15) is 0 Å². The Morgan fingerprint density at radius 2 is 2.00 bits per heavy atom. The maximum absolute atomic E-state index is 12.3. The summed E-state index contributed by atoms with van der Waals surface area (Å²) in [5, 5.41) is 4.84. The van der Waals surface area contributed by atoms with E-state index in [0.29, 0.717) is 16.4 Å². The van der Waals surface area contributed by atoms with E-state index >= 15 is 0 Å². The van der Waals surface area contributed by atoms with Crippen molar-refractivity contribution in [1.29, 1.82) is 0 Å². The van der Waals surface area contributed by atoms with Gasteiger partial charge in [0.15, 0.2) is 0 Å². The number of benzene rings is 1. The molecule has 0 radical (unpaired) electrons. The van der Waals surface area contributed by atoms with Crippen molar-refractivity contribution in [3.05, 3.63) is 45.2 Å². The largest absolute Gasteiger partial charge is 0.316 e. The van der Waals surface area contributed by atoms with Crippen molar-refractivity contribution in [2.24, 2.45) is 0 Å². The van der Waals surface area contributed by atoms with Crippen molar-refractivity contribution in [2.75, 3.05) is 11.8 Å². The molecule has 1 aromatic carbocycles. The van der Waals surface area contributed by atoms with Crippen molar-refractivity contribution >= 4 is 43.0 Å². The van der Waals surface area contributed by atoms with Crippen LogP contribution in [0.3, 0.4) is 0 Å². The summed E-state index contributed by atoms with van der Waals surface area (Å²) in [5.41, 5.74) is 2.50. The van der Waals surface area contributed by atoms with Crippen LogP contribution in [0.2, 0.25) is 0 Å². The molecular weight excluding hydrogens is 360 g/mol. The summed E-state index contributed by atoms with van der Waals surface area (Å²) in [6.07, 6.45) is 0. The second-order valence-corrected chi connectivity index (χ2v) is 8.16. The first-order chi connectivity index (χ1) is 9.40. The molecule has 0 aliphatic heterocycles. The quantitative estimate of drug-likeness (QED) is 0.843. The van der Waals surface area contributed by atoms with Crippen LogP contribution in [-0.2, 0) is 16.6 Å². The Labute approximate surface area is 131 Å². The maximum atomic E-state index is 12.3. The number of hydrogen-bond donors (Lipinski definition) is 2. The predicted molar refractivity (Wildman–Crippen MR) is 86.8 cm³/mol. The monoisotopic (exact) mass is 374 g/mol. The first-order valence-corrected chi connectivity index (χ1v) is 9.08. The minimum absolute atomic E-state index is 0.320. The van der Waals surface area contributed by atoms with E-state index in [1.165, 1.54) is 11.3 Å². The number of halogens is 1. The lowest BCUT2D eigenvalue weighted by Crippen LogP contribution is -2.11. The normalized spacial score (nSPS) is 11.6. The highest BCUT2D eigenvalue weighted by Gasteiger charge is 2.17. The molecule has 2 N–H and O–H groups in total. The number of thiophene rings is 1. The van der Waals surface area contributed by atoms with Crippen LogP contribution in [-0.4, -0.2) is 15.5 Å². The number of rotatable bonds is 5. The summed E-state index contributed by atoms with van der Waals surface area (Å²) in [6.45, 7) is 2.57. The van der Waals surface area contributed by atoms with Crippen LogP contribution in [0, 0.1) is 6.92 Å². The number of anilines is 1. The molecule has 2 rings (SSSR count). The Hall–Kier alpha value is -0.890. The number of hydrogen-bond acceptors (Lipinski definition) is 4. The van der Waals surface area contributed by atoms with Gasteiger partial charge in [-0.25, -0.2) is 8.42 Å². The Morgan fingerprint density at radius 3 is 2.65 bits per heavy atom. The third-order valence-electron chi connectivity index (χ3n) is 2.57. The van der Waals surface area contributed by atoms with Gasteiger partial charge in [0.2, 0.25) is 0 Å². The lowest BCUT2D eigenvalue weighted by molar-refractivity contribution is 0.603. The molecule has 0 saturated carbocycles. The zero-order chi connectivity index (χ0) is 14.8. The molecule has 4 nitrogen and oxygen atoms in total. The van der Waals surface area contributed by atoms with Gasteiger partial charge in [0, 0.05) is 11.0 Å². The highest BCUT2D eigenvalue weighted by atomic mass is 79.9. The van der Waals surface area contributed by atoms with E-state index in [1.54, 1.807) is 18.2 Å². The number of aryl methyl sites for hydroxylation is 1. The molecule has 0 fully saturated rings.